The summed E-state index contributed by atoms with van der Waals surface area (Å²) >= 11 is 0. The fourth-order valence-corrected chi connectivity index (χ4v) is 4.82. The molecule has 0 aromatic heterocycles. The van der Waals surface area contributed by atoms with Gasteiger partial charge in [-0.25, -0.2) is 12.7 Å². The molecular weight excluding hydrogens is 406 g/mol. The number of fused-ring (bicyclic) bond motifs is 1. The van der Waals surface area contributed by atoms with Gasteiger partial charge < -0.3 is 20.3 Å². The normalized spacial score (nSPS) is 18.7. The lowest BCUT2D eigenvalue weighted by Gasteiger charge is -2.32. The van der Waals surface area contributed by atoms with Gasteiger partial charge in [-0.05, 0) is 38.3 Å². The molecule has 30 heavy (non-hydrogen) atoms. The molecule has 0 spiro atoms. The van der Waals surface area contributed by atoms with Crippen LogP contribution in [0.25, 0.3) is 0 Å². The molecule has 0 saturated carbocycles. The van der Waals surface area contributed by atoms with Crippen molar-refractivity contribution >= 4 is 27.6 Å². The van der Waals surface area contributed by atoms with Crippen LogP contribution < -0.4 is 20.3 Å². The highest BCUT2D eigenvalue weighted by molar-refractivity contribution is 7.89. The van der Waals surface area contributed by atoms with Crippen molar-refractivity contribution in [3.63, 3.8) is 0 Å². The van der Waals surface area contributed by atoms with E-state index < -0.39 is 10.0 Å². The number of aliphatic imine (C=N–C) groups is 1. The standard InChI is InChI=1S/C20H31N5O4S/c1-3-30(27,28)24-13-9-16(10-14-24)23-20(21-2)22-11-6-12-25-17-7-4-5-8-18(17)29-15-19(25)26/h4-5,7-8,16H,3,6,9-15H2,1-2H3,(H2,21,22,23). The molecule has 0 atom stereocenters. The summed E-state index contributed by atoms with van der Waals surface area (Å²) in [5.41, 5.74) is 0.810. The minimum absolute atomic E-state index is 0.0370. The van der Waals surface area contributed by atoms with Crippen LogP contribution in [0.5, 0.6) is 5.75 Å². The highest BCUT2D eigenvalue weighted by atomic mass is 32.2. The molecule has 2 N–H and O–H groups in total. The van der Waals surface area contributed by atoms with Gasteiger partial charge in [-0.15, -0.1) is 0 Å². The smallest absolute Gasteiger partial charge is 0.265 e. The second kappa shape index (κ2) is 10.1. The molecule has 2 heterocycles. The summed E-state index contributed by atoms with van der Waals surface area (Å²) in [4.78, 5) is 18.2. The number of amides is 1. The molecule has 3 rings (SSSR count). The Morgan fingerprint density at radius 2 is 2.00 bits per heavy atom. The molecule has 1 aromatic carbocycles. The van der Waals surface area contributed by atoms with Gasteiger partial charge in [0.05, 0.1) is 11.4 Å². The molecule has 10 heteroatoms. The summed E-state index contributed by atoms with van der Waals surface area (Å²) < 4.78 is 31.0. The number of nitrogens with one attached hydrogen (secondary N) is 2. The zero-order chi connectivity index (χ0) is 21.6. The van der Waals surface area contributed by atoms with Crippen molar-refractivity contribution in [2.24, 2.45) is 4.99 Å². The van der Waals surface area contributed by atoms with E-state index in [-0.39, 0.29) is 24.3 Å². The average molecular weight is 438 g/mol. The molecule has 9 nitrogen and oxygen atoms in total. The Morgan fingerprint density at radius 1 is 1.27 bits per heavy atom. The van der Waals surface area contributed by atoms with Gasteiger partial charge in [0.25, 0.3) is 5.91 Å². The number of sulfonamides is 1. The van der Waals surface area contributed by atoms with E-state index >= 15 is 0 Å². The van der Waals surface area contributed by atoms with Gasteiger partial charge in [0.1, 0.15) is 5.75 Å². The SMILES string of the molecule is CCS(=O)(=O)N1CCC(NC(=NC)NCCCN2C(=O)COc3ccccc32)CC1. The van der Waals surface area contributed by atoms with E-state index in [2.05, 4.69) is 15.6 Å². The predicted molar refractivity (Wildman–Crippen MR) is 117 cm³/mol. The van der Waals surface area contributed by atoms with Crippen LogP contribution in [-0.4, -0.2) is 76.2 Å². The molecule has 1 aromatic rings. The second-order valence-corrected chi connectivity index (χ2v) is 9.63. The highest BCUT2D eigenvalue weighted by Crippen LogP contribution is 2.31. The van der Waals surface area contributed by atoms with Crippen LogP contribution in [0.1, 0.15) is 26.2 Å². The number of anilines is 1. The molecule has 0 aliphatic carbocycles. The third-order valence-corrected chi connectivity index (χ3v) is 7.32. The van der Waals surface area contributed by atoms with Gasteiger partial charge in [-0.3, -0.25) is 9.79 Å². The van der Waals surface area contributed by atoms with E-state index in [0.717, 1.165) is 30.7 Å². The lowest BCUT2D eigenvalue weighted by molar-refractivity contribution is -0.121. The lowest BCUT2D eigenvalue weighted by Crippen LogP contribution is -2.50. The number of carbonyl (C=O) groups excluding carboxylic acids is 1. The minimum atomic E-state index is -3.11. The molecule has 0 unspecified atom stereocenters. The summed E-state index contributed by atoms with van der Waals surface area (Å²) in [6, 6.07) is 7.75. The quantitative estimate of drug-likeness (QED) is 0.371. The van der Waals surface area contributed by atoms with Gasteiger partial charge in [-0.1, -0.05) is 12.1 Å². The third kappa shape index (κ3) is 5.42. The molecule has 1 fully saturated rings. The van der Waals surface area contributed by atoms with E-state index in [1.165, 1.54) is 0 Å². The Labute approximate surface area is 178 Å². The number of nitrogens with zero attached hydrogens (tertiary/aromatic N) is 3. The van der Waals surface area contributed by atoms with Crippen molar-refractivity contribution in [1.82, 2.24) is 14.9 Å². The number of rotatable bonds is 7. The van der Waals surface area contributed by atoms with Gasteiger partial charge in [0.2, 0.25) is 10.0 Å². The van der Waals surface area contributed by atoms with Crippen LogP contribution in [0.2, 0.25) is 0 Å². The van der Waals surface area contributed by atoms with E-state index in [1.807, 2.05) is 24.3 Å². The Kier molecular flexibility index (Phi) is 7.54. The number of guanidine groups is 1. The van der Waals surface area contributed by atoms with Gasteiger partial charge >= 0.3 is 0 Å². The van der Waals surface area contributed by atoms with Gasteiger partial charge in [0.15, 0.2) is 12.6 Å². The van der Waals surface area contributed by atoms with E-state index in [0.29, 0.717) is 32.1 Å². The Morgan fingerprint density at radius 3 is 2.70 bits per heavy atom. The molecule has 1 amide bonds. The third-order valence-electron chi connectivity index (χ3n) is 5.44. The van der Waals surface area contributed by atoms with Crippen molar-refractivity contribution in [3.8, 4) is 5.75 Å². The van der Waals surface area contributed by atoms with Crippen LogP contribution in [-0.2, 0) is 14.8 Å². The Bertz CT molecular complexity index is 866. The van der Waals surface area contributed by atoms with Crippen molar-refractivity contribution in [3.05, 3.63) is 24.3 Å². The summed E-state index contributed by atoms with van der Waals surface area (Å²) in [5.74, 6) is 1.54. The topological polar surface area (TPSA) is 103 Å². The maximum atomic E-state index is 12.2. The van der Waals surface area contributed by atoms with E-state index in [1.54, 1.807) is 23.2 Å². The van der Waals surface area contributed by atoms with Crippen molar-refractivity contribution in [1.29, 1.82) is 0 Å². The molecule has 1 saturated heterocycles. The van der Waals surface area contributed by atoms with Crippen LogP contribution in [0.15, 0.2) is 29.3 Å². The zero-order valence-electron chi connectivity index (χ0n) is 17.6. The van der Waals surface area contributed by atoms with Crippen LogP contribution in [0.4, 0.5) is 5.69 Å². The minimum Gasteiger partial charge on any atom is -0.482 e. The van der Waals surface area contributed by atoms with Gasteiger partial charge in [0, 0.05) is 39.3 Å². The Hall–Kier alpha value is -2.33. The number of para-hydroxylation sites is 2. The average Bonchev–Trinajstić information content (AvgIpc) is 2.77. The molecular formula is C20H31N5O4S. The monoisotopic (exact) mass is 437 g/mol. The van der Waals surface area contributed by atoms with E-state index in [9.17, 15) is 13.2 Å². The lowest BCUT2D eigenvalue weighted by atomic mass is 10.1. The van der Waals surface area contributed by atoms with Crippen molar-refractivity contribution in [2.45, 2.75) is 32.2 Å². The fraction of sp³-hybridized carbons (Fsp3) is 0.600. The van der Waals surface area contributed by atoms with Crippen molar-refractivity contribution < 1.29 is 17.9 Å². The number of hydrogen-bond acceptors (Lipinski definition) is 5. The zero-order valence-corrected chi connectivity index (χ0v) is 18.5. The predicted octanol–water partition coefficient (Wildman–Crippen LogP) is 0.781. The first kappa shape index (κ1) is 22.4. The van der Waals surface area contributed by atoms with E-state index in [4.69, 9.17) is 4.74 Å². The summed E-state index contributed by atoms with van der Waals surface area (Å²) in [5, 5.41) is 6.66. The molecule has 0 bridgehead atoms. The molecule has 2 aliphatic heterocycles. The number of hydrogen-bond donors (Lipinski definition) is 2. The van der Waals surface area contributed by atoms with Gasteiger partial charge in [-0.2, -0.15) is 0 Å². The first-order chi connectivity index (χ1) is 14.4. The summed E-state index contributed by atoms with van der Waals surface area (Å²) in [6.45, 7) is 4.06. The Balaban J connectivity index is 1.42. The summed E-state index contributed by atoms with van der Waals surface area (Å²) in [7, 11) is -1.40. The van der Waals surface area contributed by atoms with Crippen molar-refractivity contribution in [2.75, 3.05) is 50.5 Å². The number of carbonyl (C=O) groups is 1. The number of ether oxygens (including phenoxy) is 1. The van der Waals surface area contributed by atoms with Crippen LogP contribution in [0.3, 0.4) is 0 Å². The first-order valence-corrected chi connectivity index (χ1v) is 12.0. The number of benzene rings is 1. The number of piperidine rings is 1. The van der Waals surface area contributed by atoms with Crippen LogP contribution >= 0.6 is 0 Å². The largest absolute Gasteiger partial charge is 0.482 e. The first-order valence-electron chi connectivity index (χ1n) is 10.4. The fourth-order valence-electron chi connectivity index (χ4n) is 3.69. The summed E-state index contributed by atoms with van der Waals surface area (Å²) in [6.07, 6.45) is 2.26. The maximum Gasteiger partial charge on any atom is 0.265 e. The molecule has 0 radical (unpaired) electrons. The molecule has 2 aliphatic rings. The van der Waals surface area contributed by atoms with Crippen LogP contribution in [0, 0.1) is 0 Å². The highest BCUT2D eigenvalue weighted by Gasteiger charge is 2.27. The molecule has 166 valence electrons. The maximum absolute atomic E-state index is 12.2. The second-order valence-electron chi connectivity index (χ2n) is 7.37.